The Morgan fingerprint density at radius 2 is 2.20 bits per heavy atom. The van der Waals surface area contributed by atoms with Gasteiger partial charge in [0.2, 0.25) is 0 Å². The average Bonchev–Trinajstić information content (AvgIpc) is 3.11. The van der Waals surface area contributed by atoms with Crippen LogP contribution >= 0.6 is 0 Å². The van der Waals surface area contributed by atoms with E-state index < -0.39 is 0 Å². The summed E-state index contributed by atoms with van der Waals surface area (Å²) in [5.74, 6) is 0.578. The number of aryl methyl sites for hydroxylation is 1. The Kier molecular flexibility index (Phi) is 4.23. The van der Waals surface area contributed by atoms with E-state index in [1.165, 1.54) is 0 Å². The van der Waals surface area contributed by atoms with E-state index in [4.69, 9.17) is 4.74 Å². The number of pyridine rings is 1. The van der Waals surface area contributed by atoms with Crippen LogP contribution in [0, 0.1) is 12.8 Å². The standard InChI is InChI=1S/C19H26N4O2/c1-12(2)23-18-17(9-20-23)16(8-13(3)21-18)19(24)22(15-4-5-15)10-14-6-7-25-11-14/h8-9,12,14-15H,4-7,10-11H2,1-3H3/t14-/m0/s1. The molecule has 0 unspecified atom stereocenters. The highest BCUT2D eigenvalue weighted by Gasteiger charge is 2.36. The highest BCUT2D eigenvalue weighted by atomic mass is 16.5. The van der Waals surface area contributed by atoms with Gasteiger partial charge in [0, 0.05) is 36.8 Å². The molecule has 0 bridgehead atoms. The zero-order valence-corrected chi connectivity index (χ0v) is 15.2. The number of hydrogen-bond acceptors (Lipinski definition) is 4. The van der Waals surface area contributed by atoms with Crippen LogP contribution in [-0.2, 0) is 4.74 Å². The Balaban J connectivity index is 1.70. The van der Waals surface area contributed by atoms with Crippen LogP contribution in [0.1, 0.15) is 55.2 Å². The minimum absolute atomic E-state index is 0.119. The number of aromatic nitrogens is 3. The molecule has 2 fully saturated rings. The summed E-state index contributed by atoms with van der Waals surface area (Å²) in [4.78, 5) is 20.1. The molecule has 3 heterocycles. The fourth-order valence-corrected chi connectivity index (χ4v) is 3.64. The van der Waals surface area contributed by atoms with Gasteiger partial charge in [0.25, 0.3) is 5.91 Å². The summed E-state index contributed by atoms with van der Waals surface area (Å²) in [7, 11) is 0. The van der Waals surface area contributed by atoms with E-state index in [-0.39, 0.29) is 11.9 Å². The lowest BCUT2D eigenvalue weighted by Crippen LogP contribution is -2.37. The number of ether oxygens (including phenoxy) is 1. The van der Waals surface area contributed by atoms with Gasteiger partial charge >= 0.3 is 0 Å². The minimum Gasteiger partial charge on any atom is -0.381 e. The lowest BCUT2D eigenvalue weighted by molar-refractivity contribution is 0.0708. The predicted molar refractivity (Wildman–Crippen MR) is 95.6 cm³/mol. The highest BCUT2D eigenvalue weighted by molar-refractivity contribution is 6.05. The number of nitrogens with zero attached hydrogens (tertiary/aromatic N) is 4. The molecule has 1 aliphatic heterocycles. The summed E-state index contributed by atoms with van der Waals surface area (Å²) in [6.07, 6.45) is 5.06. The van der Waals surface area contributed by atoms with Crippen molar-refractivity contribution >= 4 is 16.9 Å². The van der Waals surface area contributed by atoms with E-state index in [1.807, 2.05) is 17.7 Å². The molecule has 0 aromatic carbocycles. The van der Waals surface area contributed by atoms with Gasteiger partial charge in [-0.25, -0.2) is 9.67 Å². The summed E-state index contributed by atoms with van der Waals surface area (Å²) in [5, 5.41) is 5.32. The topological polar surface area (TPSA) is 60.3 Å². The van der Waals surface area contributed by atoms with Crippen molar-refractivity contribution in [3.8, 4) is 0 Å². The number of carbonyl (C=O) groups excluding carboxylic acids is 1. The van der Waals surface area contributed by atoms with Crippen LogP contribution in [0.15, 0.2) is 12.3 Å². The summed E-state index contributed by atoms with van der Waals surface area (Å²) in [6, 6.07) is 2.51. The molecular weight excluding hydrogens is 316 g/mol. The van der Waals surface area contributed by atoms with E-state index in [2.05, 4.69) is 28.8 Å². The van der Waals surface area contributed by atoms with Gasteiger partial charge in [0.05, 0.1) is 23.8 Å². The summed E-state index contributed by atoms with van der Waals surface area (Å²) < 4.78 is 7.40. The Morgan fingerprint density at radius 3 is 2.84 bits per heavy atom. The van der Waals surface area contributed by atoms with Crippen molar-refractivity contribution in [1.82, 2.24) is 19.7 Å². The molecule has 6 heteroatoms. The van der Waals surface area contributed by atoms with Crippen LogP contribution in [-0.4, -0.2) is 51.4 Å². The van der Waals surface area contributed by atoms with Crippen LogP contribution in [0.25, 0.3) is 11.0 Å². The molecule has 4 rings (SSSR count). The van der Waals surface area contributed by atoms with E-state index >= 15 is 0 Å². The normalized spacial score (nSPS) is 20.6. The molecule has 1 atom stereocenters. The maximum atomic E-state index is 13.4. The second-order valence-corrected chi connectivity index (χ2v) is 7.65. The number of fused-ring (bicyclic) bond motifs is 1. The molecule has 2 aromatic rings. The van der Waals surface area contributed by atoms with Gasteiger partial charge in [-0.1, -0.05) is 0 Å². The quantitative estimate of drug-likeness (QED) is 0.838. The molecule has 1 saturated carbocycles. The molecule has 2 aromatic heterocycles. The van der Waals surface area contributed by atoms with Crippen molar-refractivity contribution in [3.63, 3.8) is 0 Å². The van der Waals surface area contributed by atoms with Crippen LogP contribution in [0.5, 0.6) is 0 Å². The molecule has 1 saturated heterocycles. The van der Waals surface area contributed by atoms with Crippen LogP contribution < -0.4 is 0 Å². The predicted octanol–water partition coefficient (Wildman–Crippen LogP) is 2.96. The van der Waals surface area contributed by atoms with Crippen LogP contribution in [0.3, 0.4) is 0 Å². The zero-order valence-electron chi connectivity index (χ0n) is 15.2. The highest BCUT2D eigenvalue weighted by Crippen LogP contribution is 2.32. The first-order valence-electron chi connectivity index (χ1n) is 9.28. The molecule has 6 nitrogen and oxygen atoms in total. The summed E-state index contributed by atoms with van der Waals surface area (Å²) >= 11 is 0. The third-order valence-electron chi connectivity index (χ3n) is 5.14. The summed E-state index contributed by atoms with van der Waals surface area (Å²) in [6.45, 7) is 8.48. The molecule has 0 radical (unpaired) electrons. The van der Waals surface area contributed by atoms with Gasteiger partial charge in [-0.3, -0.25) is 4.79 Å². The van der Waals surface area contributed by atoms with Crippen molar-refractivity contribution in [2.24, 2.45) is 5.92 Å². The number of hydrogen-bond donors (Lipinski definition) is 0. The minimum atomic E-state index is 0.119. The number of carbonyl (C=O) groups is 1. The van der Waals surface area contributed by atoms with Crippen LogP contribution in [0.2, 0.25) is 0 Å². The average molecular weight is 342 g/mol. The fourth-order valence-electron chi connectivity index (χ4n) is 3.64. The molecule has 1 amide bonds. The van der Waals surface area contributed by atoms with Crippen molar-refractivity contribution in [2.45, 2.75) is 52.1 Å². The van der Waals surface area contributed by atoms with Gasteiger partial charge in [0.1, 0.15) is 0 Å². The Morgan fingerprint density at radius 1 is 1.40 bits per heavy atom. The number of rotatable bonds is 5. The lowest BCUT2D eigenvalue weighted by Gasteiger charge is -2.25. The Labute approximate surface area is 148 Å². The summed E-state index contributed by atoms with van der Waals surface area (Å²) in [5.41, 5.74) is 2.40. The molecule has 2 aliphatic rings. The maximum Gasteiger partial charge on any atom is 0.254 e. The Bertz CT molecular complexity index is 788. The maximum absolute atomic E-state index is 13.4. The molecule has 134 valence electrons. The molecule has 0 N–H and O–H groups in total. The zero-order chi connectivity index (χ0) is 17.6. The molecule has 1 aliphatic carbocycles. The van der Waals surface area contributed by atoms with Crippen molar-refractivity contribution in [3.05, 3.63) is 23.5 Å². The second-order valence-electron chi connectivity index (χ2n) is 7.65. The monoisotopic (exact) mass is 342 g/mol. The third-order valence-corrected chi connectivity index (χ3v) is 5.14. The van der Waals surface area contributed by atoms with E-state index in [0.717, 1.165) is 61.3 Å². The largest absolute Gasteiger partial charge is 0.381 e. The van der Waals surface area contributed by atoms with Crippen molar-refractivity contribution < 1.29 is 9.53 Å². The fraction of sp³-hybridized carbons (Fsp3) is 0.632. The van der Waals surface area contributed by atoms with E-state index in [1.54, 1.807) is 6.20 Å². The third kappa shape index (κ3) is 3.15. The van der Waals surface area contributed by atoms with Gasteiger partial charge in [0.15, 0.2) is 5.65 Å². The molecule has 25 heavy (non-hydrogen) atoms. The van der Waals surface area contributed by atoms with Gasteiger partial charge in [-0.05, 0) is 46.1 Å². The smallest absolute Gasteiger partial charge is 0.254 e. The van der Waals surface area contributed by atoms with Crippen LogP contribution in [0.4, 0.5) is 0 Å². The van der Waals surface area contributed by atoms with Crippen molar-refractivity contribution in [1.29, 1.82) is 0 Å². The van der Waals surface area contributed by atoms with Gasteiger partial charge in [-0.15, -0.1) is 0 Å². The SMILES string of the molecule is Cc1cc(C(=O)N(C[C@@H]2CCOC2)C2CC2)c2cnn(C(C)C)c2n1. The lowest BCUT2D eigenvalue weighted by atomic mass is 10.1. The molecular formula is C19H26N4O2. The first-order valence-corrected chi connectivity index (χ1v) is 9.28. The Hall–Kier alpha value is -1.95. The van der Waals surface area contributed by atoms with Gasteiger partial charge < -0.3 is 9.64 Å². The number of amides is 1. The first-order chi connectivity index (χ1) is 12.0. The van der Waals surface area contributed by atoms with Crippen molar-refractivity contribution in [2.75, 3.05) is 19.8 Å². The first kappa shape index (κ1) is 16.5. The van der Waals surface area contributed by atoms with Gasteiger partial charge in [-0.2, -0.15) is 5.10 Å². The van der Waals surface area contributed by atoms with E-state index in [0.29, 0.717) is 12.0 Å². The second kappa shape index (κ2) is 6.41. The van der Waals surface area contributed by atoms with E-state index in [9.17, 15) is 4.79 Å². The molecule has 0 spiro atoms.